The molecule has 0 atom stereocenters. The van der Waals surface area contributed by atoms with Gasteiger partial charge in [0, 0.05) is 45.0 Å². The van der Waals surface area contributed by atoms with Crippen molar-refractivity contribution in [3.05, 3.63) is 394 Å². The molecule has 20 rings (SSSR count). The molecule has 476 valence electrons. The van der Waals surface area contributed by atoms with Gasteiger partial charge in [-0.2, -0.15) is 0 Å². The van der Waals surface area contributed by atoms with Crippen molar-refractivity contribution in [2.75, 3.05) is 9.80 Å². The summed E-state index contributed by atoms with van der Waals surface area (Å²) in [5.74, 6) is 0. The molecule has 2 nitrogen and oxygen atoms in total. The van der Waals surface area contributed by atoms with E-state index < -0.39 is 5.41 Å². The molecule has 4 aliphatic rings. The van der Waals surface area contributed by atoms with Crippen LogP contribution in [0.1, 0.15) is 94.5 Å². The molecule has 0 N–H and O–H groups in total. The van der Waals surface area contributed by atoms with Gasteiger partial charge in [-0.1, -0.05) is 295 Å². The van der Waals surface area contributed by atoms with Gasteiger partial charge < -0.3 is 9.80 Å². The second kappa shape index (κ2) is 22.3. The van der Waals surface area contributed by atoms with Crippen LogP contribution in [0.15, 0.2) is 328 Å². The zero-order valence-electron chi connectivity index (χ0n) is 56.9. The van der Waals surface area contributed by atoms with Gasteiger partial charge >= 0.3 is 0 Å². The lowest BCUT2D eigenvalue weighted by molar-refractivity contribution is 0.660. The van der Waals surface area contributed by atoms with Crippen LogP contribution >= 0.6 is 0 Å². The first-order valence-electron chi connectivity index (χ1n) is 35.5. The molecule has 0 unspecified atom stereocenters. The summed E-state index contributed by atoms with van der Waals surface area (Å²) in [5, 5.41) is 9.82. The molecule has 0 bridgehead atoms. The topological polar surface area (TPSA) is 6.48 Å². The van der Waals surface area contributed by atoms with Gasteiger partial charge in [-0.25, -0.2) is 0 Å². The van der Waals surface area contributed by atoms with E-state index in [-0.39, 0.29) is 10.8 Å². The van der Waals surface area contributed by atoms with Crippen LogP contribution in [0.3, 0.4) is 0 Å². The third-order valence-electron chi connectivity index (χ3n) is 22.9. The highest BCUT2D eigenvalue weighted by atomic mass is 15.1. The summed E-state index contributed by atoms with van der Waals surface area (Å²) in [6, 6.07) is 123. The standard InChI is InChI=1S/C99H70N2/c1-97(2)91-53-63(33-47-83(91)85-51-45-79(61-93(85)97)100(75-41-37-67-17-5-9-21-71(67)57-75)76-42-38-68-18-6-10-22-72(68)58-76)29-31-65-35-49-87-88-50-36-66(56-96(88)99(95(87)55-65)89-27-15-13-25-81(89)82-26-14-16-28-90(82)99)32-30-64-34-48-84-86-52-46-80(62-94(86)98(3,4)92(84)54-64)101(77-43-39-69-19-7-11-23-73(69)59-77)78-44-40-70-20-8-12-24-74(70)60-78/h5-62H,1-4H3. The fraction of sp³-hybridized carbons (Fsp3) is 0.0707. The molecule has 0 amide bonds. The first-order chi connectivity index (χ1) is 49.5. The Kier molecular flexibility index (Phi) is 13.0. The highest BCUT2D eigenvalue weighted by molar-refractivity contribution is 6.00. The molecule has 0 radical (unpaired) electrons. The SMILES string of the molecule is CC1(C)c2cc(C=Cc3ccc4c(c3)C3(c5ccccc5-c5ccccc53)c3cc(C=Cc5ccc6c(c5)C(C)(C)c5cc(N(c7ccc8ccccc8c7)c7ccc8ccccc8c7)ccc5-6)ccc3-4)ccc2-c2ccc(N(c3ccc4ccccc4c3)c3ccc4ccccc4c3)cc21. The maximum absolute atomic E-state index is 2.49. The van der Waals surface area contributed by atoms with Crippen LogP contribution in [-0.2, 0) is 16.2 Å². The maximum Gasteiger partial charge on any atom is 0.0725 e. The monoisotopic (exact) mass is 1290 g/mol. The quantitative estimate of drug-likeness (QED) is 0.126. The average Bonchev–Trinajstić information content (AvgIpc) is 1.51. The number of benzene rings is 16. The van der Waals surface area contributed by atoms with Gasteiger partial charge in [0.2, 0.25) is 0 Å². The van der Waals surface area contributed by atoms with Crippen molar-refractivity contribution in [3.8, 4) is 44.5 Å². The summed E-state index contributed by atoms with van der Waals surface area (Å²) in [6.45, 7) is 9.60. The smallest absolute Gasteiger partial charge is 0.0725 e. The minimum atomic E-state index is -0.508. The summed E-state index contributed by atoms with van der Waals surface area (Å²) in [7, 11) is 0. The van der Waals surface area contributed by atoms with E-state index in [1.807, 2.05) is 0 Å². The molecule has 0 saturated carbocycles. The summed E-state index contributed by atoms with van der Waals surface area (Å²) in [5.41, 5.74) is 31.7. The van der Waals surface area contributed by atoms with E-state index in [0.717, 1.165) is 34.1 Å². The Morgan fingerprint density at radius 3 is 0.743 bits per heavy atom. The van der Waals surface area contributed by atoms with E-state index in [1.54, 1.807) is 0 Å². The Bertz CT molecular complexity index is 5710. The van der Waals surface area contributed by atoms with Crippen LogP contribution in [-0.4, -0.2) is 0 Å². The van der Waals surface area contributed by atoms with Crippen molar-refractivity contribution in [3.63, 3.8) is 0 Å². The molecule has 1 spiro atoms. The number of anilines is 6. The molecule has 16 aromatic rings. The summed E-state index contributed by atoms with van der Waals surface area (Å²) in [6.07, 6.45) is 9.32. The van der Waals surface area contributed by atoms with Gasteiger partial charge in [-0.15, -0.1) is 0 Å². The minimum absolute atomic E-state index is 0.245. The molecular formula is C99H70N2. The number of fused-ring (bicyclic) bond motifs is 20. The highest BCUT2D eigenvalue weighted by Gasteiger charge is 2.52. The van der Waals surface area contributed by atoms with Crippen LogP contribution in [0, 0.1) is 0 Å². The first kappa shape index (κ1) is 58.8. The van der Waals surface area contributed by atoms with E-state index in [0.29, 0.717) is 0 Å². The third-order valence-corrected chi connectivity index (χ3v) is 22.9. The van der Waals surface area contributed by atoms with Gasteiger partial charge in [-0.3, -0.25) is 0 Å². The number of hydrogen-bond donors (Lipinski definition) is 0. The number of rotatable bonds is 10. The molecule has 0 saturated heterocycles. The summed E-state index contributed by atoms with van der Waals surface area (Å²) >= 11 is 0. The van der Waals surface area contributed by atoms with E-state index in [2.05, 4.69) is 389 Å². The van der Waals surface area contributed by atoms with Crippen molar-refractivity contribution >= 4 is 102 Å². The Hall–Kier alpha value is -12.4. The third kappa shape index (κ3) is 9.11. The Labute approximate surface area is 590 Å². The van der Waals surface area contributed by atoms with Crippen LogP contribution in [0.5, 0.6) is 0 Å². The Balaban J connectivity index is 0.617. The number of hydrogen-bond acceptors (Lipinski definition) is 2. The second-order valence-electron chi connectivity index (χ2n) is 29.2. The zero-order valence-corrected chi connectivity index (χ0v) is 56.9. The van der Waals surface area contributed by atoms with Gasteiger partial charge in [0.15, 0.2) is 0 Å². The van der Waals surface area contributed by atoms with Gasteiger partial charge in [0.25, 0.3) is 0 Å². The molecule has 101 heavy (non-hydrogen) atoms. The van der Waals surface area contributed by atoms with E-state index >= 15 is 0 Å². The molecule has 0 fully saturated rings. The van der Waals surface area contributed by atoms with Gasteiger partial charge in [0.1, 0.15) is 0 Å². The predicted molar refractivity (Wildman–Crippen MR) is 428 cm³/mol. The Morgan fingerprint density at radius 2 is 0.416 bits per heavy atom. The molecular weight excluding hydrogens is 1220 g/mol. The minimum Gasteiger partial charge on any atom is -0.310 e. The summed E-state index contributed by atoms with van der Waals surface area (Å²) < 4.78 is 0. The molecule has 0 heterocycles. The maximum atomic E-state index is 2.49. The molecule has 0 aliphatic heterocycles. The van der Waals surface area contributed by atoms with E-state index in [4.69, 9.17) is 0 Å². The van der Waals surface area contributed by atoms with Crippen LogP contribution < -0.4 is 9.80 Å². The lowest BCUT2D eigenvalue weighted by Crippen LogP contribution is -2.26. The largest absolute Gasteiger partial charge is 0.310 e. The normalized spacial score (nSPS) is 14.3. The lowest BCUT2D eigenvalue weighted by atomic mass is 9.70. The van der Waals surface area contributed by atoms with Crippen molar-refractivity contribution < 1.29 is 0 Å². The van der Waals surface area contributed by atoms with Crippen molar-refractivity contribution in [2.24, 2.45) is 0 Å². The van der Waals surface area contributed by atoms with Crippen molar-refractivity contribution in [2.45, 2.75) is 43.9 Å². The van der Waals surface area contributed by atoms with Gasteiger partial charge in [0.05, 0.1) is 5.41 Å². The number of nitrogens with zero attached hydrogens (tertiary/aromatic N) is 2. The van der Waals surface area contributed by atoms with Crippen LogP contribution in [0.25, 0.3) is 112 Å². The van der Waals surface area contributed by atoms with Gasteiger partial charge in [-0.05, 0) is 239 Å². The molecule has 16 aromatic carbocycles. The average molecular weight is 1290 g/mol. The molecule has 2 heteroatoms. The Morgan fingerprint density at radius 1 is 0.188 bits per heavy atom. The predicted octanol–water partition coefficient (Wildman–Crippen LogP) is 26.5. The van der Waals surface area contributed by atoms with Crippen LogP contribution in [0.2, 0.25) is 0 Å². The molecule has 4 aliphatic carbocycles. The van der Waals surface area contributed by atoms with Crippen molar-refractivity contribution in [1.29, 1.82) is 0 Å². The zero-order chi connectivity index (χ0) is 67.3. The highest BCUT2D eigenvalue weighted by Crippen LogP contribution is 2.63. The lowest BCUT2D eigenvalue weighted by Gasteiger charge is -2.30. The molecule has 0 aromatic heterocycles. The fourth-order valence-electron chi connectivity index (χ4n) is 17.9. The van der Waals surface area contributed by atoms with E-state index in [1.165, 1.54) is 154 Å². The fourth-order valence-corrected chi connectivity index (χ4v) is 17.9. The summed E-state index contributed by atoms with van der Waals surface area (Å²) in [4.78, 5) is 4.87. The van der Waals surface area contributed by atoms with E-state index in [9.17, 15) is 0 Å². The van der Waals surface area contributed by atoms with Crippen LogP contribution in [0.4, 0.5) is 34.1 Å². The van der Waals surface area contributed by atoms with Crippen molar-refractivity contribution in [1.82, 2.24) is 0 Å². The first-order valence-corrected chi connectivity index (χ1v) is 35.5. The second-order valence-corrected chi connectivity index (χ2v) is 29.2.